The fourth-order valence-corrected chi connectivity index (χ4v) is 11.4. The highest BCUT2D eigenvalue weighted by atomic mass is 14.9. The first-order valence-corrected chi connectivity index (χ1v) is 22.3. The maximum atomic E-state index is 5.31. The zero-order valence-electron chi connectivity index (χ0n) is 35.7. The maximum Gasteiger partial charge on any atom is 0.160 e. The molecule has 1 heterocycles. The van der Waals surface area contributed by atoms with Crippen LogP contribution in [0.15, 0.2) is 218 Å². The molecule has 2 aliphatic carbocycles. The average Bonchev–Trinajstić information content (AvgIpc) is 3.66. The topological polar surface area (TPSA) is 25.8 Å². The second-order valence-corrected chi connectivity index (χ2v) is 18.0. The molecule has 64 heavy (non-hydrogen) atoms. The molecule has 0 saturated heterocycles. The number of benzene rings is 10. The lowest BCUT2D eigenvalue weighted by Gasteiger charge is -2.46. The number of hydrogen-bond acceptors (Lipinski definition) is 2. The van der Waals surface area contributed by atoms with E-state index in [0.29, 0.717) is 5.82 Å². The largest absolute Gasteiger partial charge is 0.228 e. The van der Waals surface area contributed by atoms with Crippen molar-refractivity contribution in [2.45, 2.75) is 24.7 Å². The van der Waals surface area contributed by atoms with Gasteiger partial charge in [0.1, 0.15) is 0 Å². The Morgan fingerprint density at radius 1 is 0.281 bits per heavy atom. The molecule has 1 spiro atoms. The van der Waals surface area contributed by atoms with Crippen molar-refractivity contribution in [3.63, 3.8) is 0 Å². The molecule has 11 aromatic rings. The Kier molecular flexibility index (Phi) is 7.90. The van der Waals surface area contributed by atoms with E-state index in [1.54, 1.807) is 0 Å². The van der Waals surface area contributed by atoms with Crippen LogP contribution in [0.5, 0.6) is 0 Å². The minimum Gasteiger partial charge on any atom is -0.228 e. The first kappa shape index (κ1) is 36.7. The number of nitrogens with zero attached hydrogens (tertiary/aromatic N) is 2. The highest BCUT2D eigenvalue weighted by Crippen LogP contribution is 2.62. The molecule has 0 unspecified atom stereocenters. The third kappa shape index (κ3) is 5.20. The van der Waals surface area contributed by atoms with Crippen LogP contribution >= 0.6 is 0 Å². The van der Waals surface area contributed by atoms with Crippen molar-refractivity contribution in [3.05, 3.63) is 252 Å². The van der Waals surface area contributed by atoms with Crippen molar-refractivity contribution >= 4 is 32.3 Å². The first-order valence-electron chi connectivity index (χ1n) is 22.3. The van der Waals surface area contributed by atoms with Crippen LogP contribution in [0, 0.1) is 0 Å². The van der Waals surface area contributed by atoms with Gasteiger partial charge in [-0.3, -0.25) is 0 Å². The first-order chi connectivity index (χ1) is 31.5. The molecule has 0 fully saturated rings. The number of aromatic nitrogens is 2. The summed E-state index contributed by atoms with van der Waals surface area (Å²) in [5.41, 5.74) is 17.6. The van der Waals surface area contributed by atoms with Gasteiger partial charge in [0.05, 0.1) is 16.8 Å². The fraction of sp³-hybridized carbons (Fsp3) is 0.0645. The van der Waals surface area contributed by atoms with Gasteiger partial charge in [-0.05, 0) is 106 Å². The van der Waals surface area contributed by atoms with E-state index in [4.69, 9.17) is 9.97 Å². The maximum absolute atomic E-state index is 5.31. The minimum atomic E-state index is -0.399. The molecule has 1 aromatic heterocycles. The summed E-state index contributed by atoms with van der Waals surface area (Å²) < 4.78 is 0. The van der Waals surface area contributed by atoms with E-state index in [2.05, 4.69) is 232 Å². The van der Waals surface area contributed by atoms with Crippen molar-refractivity contribution in [3.8, 4) is 56.2 Å². The molecule has 0 aliphatic heterocycles. The monoisotopic (exact) mass is 814 g/mol. The molecule has 0 bridgehead atoms. The van der Waals surface area contributed by atoms with Crippen LogP contribution in [-0.4, -0.2) is 9.97 Å². The summed E-state index contributed by atoms with van der Waals surface area (Å²) in [4.78, 5) is 10.5. The predicted molar refractivity (Wildman–Crippen MR) is 266 cm³/mol. The summed E-state index contributed by atoms with van der Waals surface area (Å²) in [6, 6.07) is 80.2. The average molecular weight is 815 g/mol. The van der Waals surface area contributed by atoms with Gasteiger partial charge in [-0.1, -0.05) is 214 Å². The molecule has 0 saturated carbocycles. The van der Waals surface area contributed by atoms with E-state index in [1.807, 2.05) is 0 Å². The smallest absolute Gasteiger partial charge is 0.160 e. The van der Waals surface area contributed by atoms with Crippen LogP contribution in [0.2, 0.25) is 0 Å². The second-order valence-electron chi connectivity index (χ2n) is 18.0. The normalized spacial score (nSPS) is 14.0. The number of rotatable bonds is 4. The lowest BCUT2D eigenvalue weighted by atomic mass is 9.55. The van der Waals surface area contributed by atoms with E-state index < -0.39 is 5.41 Å². The van der Waals surface area contributed by atoms with E-state index in [0.717, 1.165) is 28.1 Å². The van der Waals surface area contributed by atoms with Crippen molar-refractivity contribution < 1.29 is 0 Å². The molecule has 0 amide bonds. The van der Waals surface area contributed by atoms with Gasteiger partial charge < -0.3 is 0 Å². The van der Waals surface area contributed by atoms with Crippen LogP contribution in [0.25, 0.3) is 88.5 Å². The number of fused-ring (bicyclic) bond motifs is 15. The Balaban J connectivity index is 0.931. The summed E-state index contributed by atoms with van der Waals surface area (Å²) in [7, 11) is 0. The fourth-order valence-electron chi connectivity index (χ4n) is 11.4. The lowest BCUT2D eigenvalue weighted by Crippen LogP contribution is -2.40. The minimum absolute atomic E-state index is 0.121. The van der Waals surface area contributed by atoms with Crippen molar-refractivity contribution in [1.29, 1.82) is 0 Å². The lowest BCUT2D eigenvalue weighted by molar-refractivity contribution is 0.563. The SMILES string of the molecule is CC1(C)c2ccccc2C2(c3ccccc3-c3cc(-c4ccc(-c5cc(-c6ccccc6)nc(-c6ccc7c8ccccc8c8ccccc8c7c6)n5)cc4)ccc32)c2ccccc21. The Hall–Kier alpha value is -7.94. The van der Waals surface area contributed by atoms with E-state index in [9.17, 15) is 0 Å². The summed E-state index contributed by atoms with van der Waals surface area (Å²) in [6.07, 6.45) is 0. The van der Waals surface area contributed by atoms with Gasteiger partial charge >= 0.3 is 0 Å². The predicted octanol–water partition coefficient (Wildman–Crippen LogP) is 15.6. The van der Waals surface area contributed by atoms with Gasteiger partial charge in [0.15, 0.2) is 5.82 Å². The van der Waals surface area contributed by atoms with E-state index in [-0.39, 0.29) is 5.41 Å². The summed E-state index contributed by atoms with van der Waals surface area (Å²) >= 11 is 0. The summed E-state index contributed by atoms with van der Waals surface area (Å²) in [5.74, 6) is 0.708. The van der Waals surface area contributed by atoms with E-state index >= 15 is 0 Å². The van der Waals surface area contributed by atoms with Crippen molar-refractivity contribution in [2.75, 3.05) is 0 Å². The molecule has 2 aliphatic rings. The highest BCUT2D eigenvalue weighted by Gasteiger charge is 2.53. The van der Waals surface area contributed by atoms with Crippen molar-refractivity contribution in [2.24, 2.45) is 0 Å². The van der Waals surface area contributed by atoms with Crippen LogP contribution in [-0.2, 0) is 10.8 Å². The Morgan fingerprint density at radius 3 is 1.34 bits per heavy atom. The van der Waals surface area contributed by atoms with Gasteiger partial charge in [0.25, 0.3) is 0 Å². The van der Waals surface area contributed by atoms with Gasteiger partial charge in [-0.2, -0.15) is 0 Å². The summed E-state index contributed by atoms with van der Waals surface area (Å²) in [5, 5.41) is 7.44. The molecular weight excluding hydrogens is 773 g/mol. The van der Waals surface area contributed by atoms with Crippen LogP contribution in [0.3, 0.4) is 0 Å². The molecule has 10 aromatic carbocycles. The molecule has 0 radical (unpaired) electrons. The molecule has 0 atom stereocenters. The molecule has 0 N–H and O–H groups in total. The standard InChI is InChI=1S/C62H42N2/c1-61(2)54-24-12-14-26-56(54)62(57-27-15-13-25-55(57)61)52-23-11-10-22-49(52)51-36-42(33-35-53(51)62)39-28-30-41(31-29-39)59-38-58(40-16-4-3-5-17-40)63-60(64-59)43-32-34-48-46-20-7-6-18-44(46)45-19-8-9-21-47(45)50(48)37-43/h3-38H,1-2H3. The zero-order valence-corrected chi connectivity index (χ0v) is 35.7. The summed E-state index contributed by atoms with van der Waals surface area (Å²) in [6.45, 7) is 4.76. The molecule has 300 valence electrons. The Morgan fingerprint density at radius 2 is 0.719 bits per heavy atom. The van der Waals surface area contributed by atoms with Gasteiger partial charge in [0.2, 0.25) is 0 Å². The molecule has 2 heteroatoms. The van der Waals surface area contributed by atoms with Crippen LogP contribution in [0.1, 0.15) is 47.2 Å². The highest BCUT2D eigenvalue weighted by molar-refractivity contribution is 6.25. The van der Waals surface area contributed by atoms with Gasteiger partial charge in [-0.25, -0.2) is 9.97 Å². The van der Waals surface area contributed by atoms with Crippen LogP contribution < -0.4 is 0 Å². The second kappa shape index (κ2) is 13.8. The zero-order chi connectivity index (χ0) is 42.6. The van der Waals surface area contributed by atoms with Crippen LogP contribution in [0.4, 0.5) is 0 Å². The Labute approximate surface area is 373 Å². The third-order valence-electron chi connectivity index (χ3n) is 14.4. The van der Waals surface area contributed by atoms with E-state index in [1.165, 1.54) is 88.0 Å². The number of hydrogen-bond donors (Lipinski definition) is 0. The third-order valence-corrected chi connectivity index (χ3v) is 14.4. The van der Waals surface area contributed by atoms with Crippen molar-refractivity contribution in [1.82, 2.24) is 9.97 Å². The molecule has 2 nitrogen and oxygen atoms in total. The van der Waals surface area contributed by atoms with Gasteiger partial charge in [-0.15, -0.1) is 0 Å². The Bertz CT molecular complexity index is 3610. The quantitative estimate of drug-likeness (QED) is 0.165. The molecular formula is C62H42N2. The van der Waals surface area contributed by atoms with Gasteiger partial charge in [0, 0.05) is 22.1 Å². The molecule has 13 rings (SSSR count).